The van der Waals surface area contributed by atoms with Gasteiger partial charge in [-0.15, -0.1) is 0 Å². The molecule has 1 aliphatic heterocycles. The zero-order valence-electron chi connectivity index (χ0n) is 13.0. The number of hydrogen-bond donors (Lipinski definition) is 2. The zero-order chi connectivity index (χ0) is 16.2. The summed E-state index contributed by atoms with van der Waals surface area (Å²) in [6.45, 7) is 5.98. The lowest BCUT2D eigenvalue weighted by molar-refractivity contribution is -0.144. The van der Waals surface area contributed by atoms with Gasteiger partial charge in [0.2, 0.25) is 11.8 Å². The quantitative estimate of drug-likeness (QED) is 0.750. The maximum Gasteiger partial charge on any atom is 0.311 e. The smallest absolute Gasteiger partial charge is 0.311 e. The topological polar surface area (TPSA) is 95.9 Å². The number of carbonyl (C=O) groups excluding carboxylic acids is 2. The first-order valence-electron chi connectivity index (χ1n) is 6.99. The first-order chi connectivity index (χ1) is 9.64. The Labute approximate surface area is 124 Å². The first kappa shape index (κ1) is 17.4. The summed E-state index contributed by atoms with van der Waals surface area (Å²) < 4.78 is 5.15. The highest BCUT2D eigenvalue weighted by Gasteiger charge is 2.38. The van der Waals surface area contributed by atoms with Crippen LogP contribution >= 0.6 is 0 Å². The van der Waals surface area contributed by atoms with Crippen molar-refractivity contribution in [1.29, 1.82) is 0 Å². The van der Waals surface area contributed by atoms with Crippen molar-refractivity contribution in [3.63, 3.8) is 0 Å². The Balaban J connectivity index is 2.45. The van der Waals surface area contributed by atoms with Crippen LogP contribution in [0.1, 0.15) is 27.2 Å². The fourth-order valence-electron chi connectivity index (χ4n) is 2.07. The molecule has 0 radical (unpaired) electrons. The molecule has 0 aromatic carbocycles. The van der Waals surface area contributed by atoms with E-state index in [1.165, 1.54) is 4.90 Å². The van der Waals surface area contributed by atoms with Crippen molar-refractivity contribution in [3.05, 3.63) is 0 Å². The number of ether oxygens (including phenoxy) is 1. The van der Waals surface area contributed by atoms with E-state index in [4.69, 9.17) is 9.84 Å². The minimum atomic E-state index is -0.960. The summed E-state index contributed by atoms with van der Waals surface area (Å²) in [6, 6.07) is -0.451. The molecular formula is C14H24N2O5. The highest BCUT2D eigenvalue weighted by atomic mass is 16.5. The molecule has 0 bridgehead atoms. The summed E-state index contributed by atoms with van der Waals surface area (Å²) in [6.07, 6.45) is 0.140. The molecule has 1 rings (SSSR count). The van der Waals surface area contributed by atoms with Gasteiger partial charge in [-0.3, -0.25) is 14.4 Å². The molecule has 1 fully saturated rings. The van der Waals surface area contributed by atoms with Crippen molar-refractivity contribution < 1.29 is 24.2 Å². The second kappa shape index (κ2) is 6.89. The average Bonchev–Trinajstić information content (AvgIpc) is 2.85. The predicted octanol–water partition coefficient (Wildman–Crippen LogP) is 0.0968. The van der Waals surface area contributed by atoms with E-state index in [1.807, 2.05) is 0 Å². The Morgan fingerprint density at radius 2 is 1.90 bits per heavy atom. The average molecular weight is 300 g/mol. The van der Waals surface area contributed by atoms with Gasteiger partial charge in [0.15, 0.2) is 0 Å². The molecule has 7 heteroatoms. The standard InChI is InChI=1S/C14H24N2O5/c1-14(2,3)13(20)15-6-5-11(17)16(4)10-8-21-7-9(10)12(18)19/h9-10H,5-8H2,1-4H3,(H,15,20)(H,18,19). The Morgan fingerprint density at radius 1 is 1.29 bits per heavy atom. The Bertz CT molecular complexity index is 416. The van der Waals surface area contributed by atoms with Crippen LogP contribution < -0.4 is 5.32 Å². The van der Waals surface area contributed by atoms with Crippen molar-refractivity contribution in [2.75, 3.05) is 26.8 Å². The second-order valence-corrected chi connectivity index (χ2v) is 6.31. The highest BCUT2D eigenvalue weighted by molar-refractivity contribution is 5.82. The molecule has 2 unspecified atom stereocenters. The third kappa shape index (κ3) is 4.70. The summed E-state index contributed by atoms with van der Waals surface area (Å²) >= 11 is 0. The lowest BCUT2D eigenvalue weighted by Crippen LogP contribution is -2.45. The van der Waals surface area contributed by atoms with Crippen LogP contribution in [0.3, 0.4) is 0 Å². The van der Waals surface area contributed by atoms with E-state index in [0.29, 0.717) is 0 Å². The molecule has 0 saturated carbocycles. The Hall–Kier alpha value is -1.63. The molecular weight excluding hydrogens is 276 g/mol. The van der Waals surface area contributed by atoms with Crippen molar-refractivity contribution >= 4 is 17.8 Å². The molecule has 0 aliphatic carbocycles. The van der Waals surface area contributed by atoms with Crippen LogP contribution in [0, 0.1) is 11.3 Å². The zero-order valence-corrected chi connectivity index (χ0v) is 13.0. The maximum absolute atomic E-state index is 12.1. The van der Waals surface area contributed by atoms with Crippen molar-refractivity contribution in [2.45, 2.75) is 33.2 Å². The molecule has 7 nitrogen and oxygen atoms in total. The van der Waals surface area contributed by atoms with Gasteiger partial charge in [-0.05, 0) is 0 Å². The number of likely N-dealkylation sites (N-methyl/N-ethyl adjacent to an activating group) is 1. The van der Waals surface area contributed by atoms with Gasteiger partial charge in [0.25, 0.3) is 0 Å². The summed E-state index contributed by atoms with van der Waals surface area (Å²) in [5.41, 5.74) is -0.497. The van der Waals surface area contributed by atoms with Crippen LogP contribution in [0.5, 0.6) is 0 Å². The van der Waals surface area contributed by atoms with E-state index < -0.39 is 23.3 Å². The molecule has 1 aliphatic rings. The van der Waals surface area contributed by atoms with Gasteiger partial charge >= 0.3 is 5.97 Å². The van der Waals surface area contributed by atoms with Crippen LogP contribution in [-0.4, -0.2) is 60.6 Å². The number of hydrogen-bond acceptors (Lipinski definition) is 4. The molecule has 2 amide bonds. The normalized spacial score (nSPS) is 21.9. The molecule has 0 aromatic heterocycles. The summed E-state index contributed by atoms with van der Waals surface area (Å²) in [5, 5.41) is 11.8. The Kier molecular flexibility index (Phi) is 5.71. The maximum atomic E-state index is 12.1. The lowest BCUT2D eigenvalue weighted by Gasteiger charge is -2.26. The number of aliphatic carboxylic acids is 1. The monoisotopic (exact) mass is 300 g/mol. The van der Waals surface area contributed by atoms with Crippen LogP contribution in [-0.2, 0) is 19.1 Å². The van der Waals surface area contributed by atoms with E-state index >= 15 is 0 Å². The fraction of sp³-hybridized carbons (Fsp3) is 0.786. The van der Waals surface area contributed by atoms with Crippen LogP contribution in [0.15, 0.2) is 0 Å². The number of amides is 2. The van der Waals surface area contributed by atoms with Crippen LogP contribution in [0.25, 0.3) is 0 Å². The highest BCUT2D eigenvalue weighted by Crippen LogP contribution is 2.19. The first-order valence-corrected chi connectivity index (χ1v) is 6.99. The summed E-state index contributed by atoms with van der Waals surface area (Å²) in [7, 11) is 1.57. The van der Waals surface area contributed by atoms with E-state index in [-0.39, 0.29) is 38.0 Å². The second-order valence-electron chi connectivity index (χ2n) is 6.31. The third-order valence-electron chi connectivity index (χ3n) is 3.56. The number of carboxylic acid groups (broad SMARTS) is 1. The van der Waals surface area contributed by atoms with Crippen molar-refractivity contribution in [1.82, 2.24) is 10.2 Å². The largest absolute Gasteiger partial charge is 0.481 e. The van der Waals surface area contributed by atoms with Crippen molar-refractivity contribution in [3.8, 4) is 0 Å². The third-order valence-corrected chi connectivity index (χ3v) is 3.56. The van der Waals surface area contributed by atoms with Gasteiger partial charge in [-0.25, -0.2) is 0 Å². The Morgan fingerprint density at radius 3 is 2.43 bits per heavy atom. The number of carboxylic acids is 1. The molecule has 1 heterocycles. The van der Waals surface area contributed by atoms with Crippen LogP contribution in [0.4, 0.5) is 0 Å². The van der Waals surface area contributed by atoms with Crippen molar-refractivity contribution in [2.24, 2.45) is 11.3 Å². The van der Waals surface area contributed by atoms with E-state index in [2.05, 4.69) is 5.32 Å². The van der Waals surface area contributed by atoms with Gasteiger partial charge < -0.3 is 20.1 Å². The minimum absolute atomic E-state index is 0.120. The predicted molar refractivity (Wildman–Crippen MR) is 75.6 cm³/mol. The number of nitrogens with one attached hydrogen (secondary N) is 1. The molecule has 0 spiro atoms. The summed E-state index contributed by atoms with van der Waals surface area (Å²) in [4.78, 5) is 36.2. The fourth-order valence-corrected chi connectivity index (χ4v) is 2.07. The van der Waals surface area contributed by atoms with Gasteiger partial charge in [0.1, 0.15) is 5.92 Å². The number of carbonyl (C=O) groups is 3. The lowest BCUT2D eigenvalue weighted by atomic mass is 9.96. The molecule has 1 saturated heterocycles. The minimum Gasteiger partial charge on any atom is -0.481 e. The van der Waals surface area contributed by atoms with Gasteiger partial charge in [-0.1, -0.05) is 20.8 Å². The number of rotatable bonds is 5. The molecule has 2 N–H and O–H groups in total. The SMILES string of the molecule is CN(C(=O)CCNC(=O)C(C)(C)C)C1COCC1C(=O)O. The van der Waals surface area contributed by atoms with Gasteiger partial charge in [0.05, 0.1) is 19.3 Å². The molecule has 2 atom stereocenters. The van der Waals surface area contributed by atoms with E-state index in [9.17, 15) is 14.4 Å². The molecule has 0 aromatic rings. The van der Waals surface area contributed by atoms with Crippen LogP contribution in [0.2, 0.25) is 0 Å². The van der Waals surface area contributed by atoms with E-state index in [1.54, 1.807) is 27.8 Å². The molecule has 21 heavy (non-hydrogen) atoms. The van der Waals surface area contributed by atoms with Gasteiger partial charge in [0, 0.05) is 25.4 Å². The summed E-state index contributed by atoms with van der Waals surface area (Å²) in [5.74, 6) is -1.97. The number of nitrogens with zero attached hydrogens (tertiary/aromatic N) is 1. The van der Waals surface area contributed by atoms with E-state index in [0.717, 1.165) is 0 Å². The molecule has 120 valence electrons. The van der Waals surface area contributed by atoms with Gasteiger partial charge in [-0.2, -0.15) is 0 Å².